The zero-order chi connectivity index (χ0) is 11.9. The molecule has 0 aromatic heterocycles. The average molecular weight is 228 g/mol. The van der Waals surface area contributed by atoms with E-state index in [9.17, 15) is 22.8 Å². The van der Waals surface area contributed by atoms with Crippen molar-refractivity contribution in [3.63, 3.8) is 0 Å². The lowest BCUT2D eigenvalue weighted by atomic mass is 10.3. The van der Waals surface area contributed by atoms with Crippen molar-refractivity contribution >= 4 is 11.9 Å². The van der Waals surface area contributed by atoms with Crippen molar-refractivity contribution in [1.82, 2.24) is 0 Å². The van der Waals surface area contributed by atoms with Crippen LogP contribution in [-0.2, 0) is 14.3 Å². The summed E-state index contributed by atoms with van der Waals surface area (Å²) < 4.78 is 39.2. The lowest BCUT2D eigenvalue weighted by Crippen LogP contribution is -2.12. The molecule has 0 aromatic carbocycles. The Bertz CT molecular complexity index is 224. The molecule has 0 aromatic rings. The molecule has 0 aliphatic heterocycles. The standard InChI is InChI=1S/C8H11F3O4/c9-8(10,11)4-1-5-15-7(14)3-2-6(12)13/h1-5H2,(H,12,13). The number of aliphatic carboxylic acids is 1. The molecule has 15 heavy (non-hydrogen) atoms. The van der Waals surface area contributed by atoms with Crippen LogP contribution < -0.4 is 0 Å². The topological polar surface area (TPSA) is 63.6 Å². The average Bonchev–Trinajstić information content (AvgIpc) is 2.07. The molecule has 0 radical (unpaired) electrons. The second-order valence-electron chi connectivity index (χ2n) is 2.83. The van der Waals surface area contributed by atoms with Crippen LogP contribution in [0.3, 0.4) is 0 Å². The van der Waals surface area contributed by atoms with E-state index >= 15 is 0 Å². The van der Waals surface area contributed by atoms with Gasteiger partial charge in [-0.25, -0.2) is 0 Å². The largest absolute Gasteiger partial charge is 0.481 e. The van der Waals surface area contributed by atoms with Gasteiger partial charge < -0.3 is 9.84 Å². The SMILES string of the molecule is O=C(O)CCC(=O)OCCCC(F)(F)F. The highest BCUT2D eigenvalue weighted by molar-refractivity contribution is 5.76. The third-order valence-corrected chi connectivity index (χ3v) is 1.41. The van der Waals surface area contributed by atoms with Crippen LogP contribution in [-0.4, -0.2) is 29.8 Å². The Balaban J connectivity index is 3.44. The minimum absolute atomic E-state index is 0.303. The Hall–Kier alpha value is -1.27. The lowest BCUT2D eigenvalue weighted by Gasteiger charge is -2.06. The normalized spacial score (nSPS) is 11.1. The van der Waals surface area contributed by atoms with Crippen LogP contribution in [0.1, 0.15) is 25.7 Å². The zero-order valence-electron chi connectivity index (χ0n) is 7.84. The van der Waals surface area contributed by atoms with Crippen molar-refractivity contribution < 1.29 is 32.6 Å². The van der Waals surface area contributed by atoms with E-state index in [1.165, 1.54) is 0 Å². The van der Waals surface area contributed by atoms with Gasteiger partial charge in [0.25, 0.3) is 0 Å². The van der Waals surface area contributed by atoms with Gasteiger partial charge in [-0.05, 0) is 6.42 Å². The van der Waals surface area contributed by atoms with Crippen LogP contribution in [0.4, 0.5) is 13.2 Å². The molecule has 0 rings (SSSR count). The van der Waals surface area contributed by atoms with E-state index in [4.69, 9.17) is 5.11 Å². The van der Waals surface area contributed by atoms with Crippen LogP contribution in [0, 0.1) is 0 Å². The number of carboxylic acid groups (broad SMARTS) is 1. The molecule has 0 unspecified atom stereocenters. The van der Waals surface area contributed by atoms with E-state index in [-0.39, 0.29) is 25.9 Å². The van der Waals surface area contributed by atoms with Crippen LogP contribution in [0.2, 0.25) is 0 Å². The highest BCUT2D eigenvalue weighted by atomic mass is 19.4. The second kappa shape index (κ2) is 6.26. The fourth-order valence-corrected chi connectivity index (χ4v) is 0.740. The molecule has 0 atom stereocenters. The van der Waals surface area contributed by atoms with E-state index < -0.39 is 24.5 Å². The van der Waals surface area contributed by atoms with E-state index in [2.05, 4.69) is 4.74 Å². The summed E-state index contributed by atoms with van der Waals surface area (Å²) in [5, 5.41) is 8.18. The fourth-order valence-electron chi connectivity index (χ4n) is 0.740. The minimum Gasteiger partial charge on any atom is -0.481 e. The van der Waals surface area contributed by atoms with Gasteiger partial charge in [-0.3, -0.25) is 9.59 Å². The molecule has 0 amide bonds. The maximum absolute atomic E-state index is 11.6. The van der Waals surface area contributed by atoms with Crippen LogP contribution >= 0.6 is 0 Å². The Morgan fingerprint density at radius 1 is 1.20 bits per heavy atom. The molecule has 4 nitrogen and oxygen atoms in total. The summed E-state index contributed by atoms with van der Waals surface area (Å²) in [7, 11) is 0. The van der Waals surface area contributed by atoms with Crippen molar-refractivity contribution in [2.24, 2.45) is 0 Å². The molecule has 0 heterocycles. The van der Waals surface area contributed by atoms with E-state index in [0.717, 1.165) is 0 Å². The van der Waals surface area contributed by atoms with Gasteiger partial charge in [0.2, 0.25) is 0 Å². The number of carbonyl (C=O) groups is 2. The van der Waals surface area contributed by atoms with Gasteiger partial charge in [0.1, 0.15) is 0 Å². The maximum atomic E-state index is 11.6. The van der Waals surface area contributed by atoms with Crippen molar-refractivity contribution in [3.05, 3.63) is 0 Å². The predicted octanol–water partition coefficient (Wildman–Crippen LogP) is 1.74. The van der Waals surface area contributed by atoms with Crippen molar-refractivity contribution in [3.8, 4) is 0 Å². The van der Waals surface area contributed by atoms with Gasteiger partial charge in [-0.1, -0.05) is 0 Å². The number of alkyl halides is 3. The maximum Gasteiger partial charge on any atom is 0.389 e. The van der Waals surface area contributed by atoms with Gasteiger partial charge in [-0.15, -0.1) is 0 Å². The van der Waals surface area contributed by atoms with Crippen LogP contribution in [0.15, 0.2) is 0 Å². The molecule has 7 heteroatoms. The number of hydrogen-bond acceptors (Lipinski definition) is 3. The summed E-state index contributed by atoms with van der Waals surface area (Å²) in [6.45, 7) is -0.335. The number of ether oxygens (including phenoxy) is 1. The highest BCUT2D eigenvalue weighted by Crippen LogP contribution is 2.21. The van der Waals surface area contributed by atoms with Crippen molar-refractivity contribution in [1.29, 1.82) is 0 Å². The third kappa shape index (κ3) is 10.7. The Labute approximate surface area is 84.0 Å². The van der Waals surface area contributed by atoms with E-state index in [1.807, 2.05) is 0 Å². The predicted molar refractivity (Wildman–Crippen MR) is 43.1 cm³/mol. The molecule has 0 aliphatic rings. The summed E-state index contributed by atoms with van der Waals surface area (Å²) in [6.07, 6.45) is -6.27. The highest BCUT2D eigenvalue weighted by Gasteiger charge is 2.26. The molecule has 0 bridgehead atoms. The van der Waals surface area contributed by atoms with Gasteiger partial charge >= 0.3 is 18.1 Å². The Morgan fingerprint density at radius 3 is 2.27 bits per heavy atom. The molecule has 1 N–H and O–H groups in total. The summed E-state index contributed by atoms with van der Waals surface area (Å²) in [4.78, 5) is 20.7. The number of rotatable bonds is 6. The van der Waals surface area contributed by atoms with Crippen molar-refractivity contribution in [2.45, 2.75) is 31.9 Å². The molecule has 88 valence electrons. The smallest absolute Gasteiger partial charge is 0.389 e. The number of carboxylic acids is 1. The molecule has 0 saturated heterocycles. The lowest BCUT2D eigenvalue weighted by molar-refractivity contribution is -0.152. The van der Waals surface area contributed by atoms with Gasteiger partial charge in [0, 0.05) is 6.42 Å². The summed E-state index contributed by atoms with van der Waals surface area (Å²) in [6, 6.07) is 0. The first-order valence-corrected chi connectivity index (χ1v) is 4.25. The monoisotopic (exact) mass is 228 g/mol. The molecular weight excluding hydrogens is 217 g/mol. The Kier molecular flexibility index (Phi) is 5.73. The Morgan fingerprint density at radius 2 is 1.80 bits per heavy atom. The number of carbonyl (C=O) groups excluding carboxylic acids is 1. The second-order valence-corrected chi connectivity index (χ2v) is 2.83. The fraction of sp³-hybridized carbons (Fsp3) is 0.750. The third-order valence-electron chi connectivity index (χ3n) is 1.41. The number of esters is 1. The summed E-state index contributed by atoms with van der Waals surface area (Å²) >= 11 is 0. The van der Waals surface area contributed by atoms with E-state index in [1.54, 1.807) is 0 Å². The first kappa shape index (κ1) is 13.7. The van der Waals surface area contributed by atoms with Crippen LogP contribution in [0.25, 0.3) is 0 Å². The molecule has 0 aliphatic carbocycles. The minimum atomic E-state index is -4.26. The summed E-state index contributed by atoms with van der Waals surface area (Å²) in [5.74, 6) is -1.94. The van der Waals surface area contributed by atoms with Gasteiger partial charge in [0.05, 0.1) is 19.4 Å². The van der Waals surface area contributed by atoms with Crippen molar-refractivity contribution in [2.75, 3.05) is 6.61 Å². The van der Waals surface area contributed by atoms with Gasteiger partial charge in [-0.2, -0.15) is 13.2 Å². The summed E-state index contributed by atoms with van der Waals surface area (Å²) in [5.41, 5.74) is 0. The molecule has 0 fully saturated rings. The first-order valence-electron chi connectivity index (χ1n) is 4.25. The first-order chi connectivity index (χ1) is 6.81. The number of hydrogen-bond donors (Lipinski definition) is 1. The van der Waals surface area contributed by atoms with E-state index in [0.29, 0.717) is 0 Å². The van der Waals surface area contributed by atoms with Gasteiger partial charge in [0.15, 0.2) is 0 Å². The van der Waals surface area contributed by atoms with Crippen LogP contribution in [0.5, 0.6) is 0 Å². The molecular formula is C8H11F3O4. The quantitative estimate of drug-likeness (QED) is 0.555. The number of halogens is 3. The zero-order valence-corrected chi connectivity index (χ0v) is 7.84. The molecule has 0 saturated carbocycles. The molecule has 0 spiro atoms.